The molecule has 3 N–H and O–H groups in total. The highest BCUT2D eigenvalue weighted by molar-refractivity contribution is 6.34. The highest BCUT2D eigenvalue weighted by Gasteiger charge is 2.10. The van der Waals surface area contributed by atoms with E-state index in [0.717, 1.165) is 11.4 Å². The summed E-state index contributed by atoms with van der Waals surface area (Å²) >= 11 is 12.0. The summed E-state index contributed by atoms with van der Waals surface area (Å²) < 4.78 is 1.84. The number of halogens is 2. The van der Waals surface area contributed by atoms with Crippen LogP contribution in [-0.4, -0.2) is 38.7 Å². The summed E-state index contributed by atoms with van der Waals surface area (Å²) in [6.45, 7) is 3.39. The molecular weight excluding hydrogens is 411 g/mol. The number of hydrogen-bond acceptors (Lipinski definition) is 4. The van der Waals surface area contributed by atoms with Gasteiger partial charge in [0, 0.05) is 41.7 Å². The Morgan fingerprint density at radius 3 is 2.62 bits per heavy atom. The third kappa shape index (κ3) is 6.19. The number of guanidine groups is 1. The van der Waals surface area contributed by atoms with Crippen LogP contribution in [0.3, 0.4) is 0 Å². The lowest BCUT2D eigenvalue weighted by Gasteiger charge is -2.16. The average molecular weight is 433 g/mol. The number of rotatable bonds is 7. The van der Waals surface area contributed by atoms with Crippen molar-refractivity contribution in [1.29, 1.82) is 0 Å². The number of nitrogens with one attached hydrogen (secondary N) is 2. The molecule has 152 valence electrons. The molecule has 1 aromatic carbocycles. The van der Waals surface area contributed by atoms with Crippen molar-refractivity contribution >= 4 is 29.2 Å². The van der Waals surface area contributed by atoms with Crippen molar-refractivity contribution in [3.63, 3.8) is 0 Å². The molecule has 2 heterocycles. The van der Waals surface area contributed by atoms with E-state index in [1.807, 2.05) is 29.8 Å². The van der Waals surface area contributed by atoms with Gasteiger partial charge in [-0.3, -0.25) is 4.57 Å². The summed E-state index contributed by atoms with van der Waals surface area (Å²) in [6.07, 6.45) is 6.26. The molecular formula is C20H22Cl2N6O. The standard InChI is InChI=1S/C20H22Cl2N6O/c1-2-24-20(27-12-18(29)15-7-16(21)9-17(22)8-15)26-11-14-3-4-19(25-10-14)28-6-5-23-13-28/h3-10,13,18,29H,2,11-12H2,1H3,(H2,24,26,27). The molecule has 7 nitrogen and oxygen atoms in total. The Balaban J connectivity index is 1.60. The number of aliphatic hydroxyl groups excluding tert-OH is 1. The van der Waals surface area contributed by atoms with Crippen molar-refractivity contribution in [1.82, 2.24) is 25.2 Å². The van der Waals surface area contributed by atoms with E-state index in [2.05, 4.69) is 25.6 Å². The summed E-state index contributed by atoms with van der Waals surface area (Å²) in [7, 11) is 0. The second-order valence-corrected chi connectivity index (χ2v) is 7.16. The fourth-order valence-electron chi connectivity index (χ4n) is 2.65. The Labute approximate surface area is 179 Å². The number of pyridine rings is 1. The molecule has 0 radical (unpaired) electrons. The first-order valence-corrected chi connectivity index (χ1v) is 9.90. The van der Waals surface area contributed by atoms with E-state index in [-0.39, 0.29) is 6.54 Å². The van der Waals surface area contributed by atoms with Gasteiger partial charge in [0.15, 0.2) is 5.96 Å². The first kappa shape index (κ1) is 21.1. The molecule has 9 heteroatoms. The quantitative estimate of drug-likeness (QED) is 0.393. The van der Waals surface area contributed by atoms with Gasteiger partial charge < -0.3 is 15.7 Å². The largest absolute Gasteiger partial charge is 0.387 e. The molecule has 0 saturated heterocycles. The van der Waals surface area contributed by atoms with Gasteiger partial charge in [-0.05, 0) is 42.3 Å². The molecule has 0 fully saturated rings. The fourth-order valence-corrected chi connectivity index (χ4v) is 3.19. The van der Waals surface area contributed by atoms with E-state index < -0.39 is 6.10 Å². The van der Waals surface area contributed by atoms with Crippen LogP contribution in [0.4, 0.5) is 0 Å². The average Bonchev–Trinajstić information content (AvgIpc) is 3.24. The number of aromatic nitrogens is 3. The summed E-state index contributed by atoms with van der Waals surface area (Å²) in [5, 5.41) is 17.7. The molecule has 3 aromatic rings. The molecule has 1 unspecified atom stereocenters. The predicted molar refractivity (Wildman–Crippen MR) is 116 cm³/mol. The second kappa shape index (κ2) is 10.2. The molecule has 0 bridgehead atoms. The first-order valence-electron chi connectivity index (χ1n) is 9.14. The van der Waals surface area contributed by atoms with Crippen LogP contribution in [0.1, 0.15) is 24.2 Å². The molecule has 0 amide bonds. The zero-order valence-electron chi connectivity index (χ0n) is 15.9. The Bertz CT molecular complexity index is 924. The minimum atomic E-state index is -0.772. The SMILES string of the molecule is CCNC(=NCc1ccc(-n2ccnc2)nc1)NCC(O)c1cc(Cl)cc(Cl)c1. The summed E-state index contributed by atoms with van der Waals surface area (Å²) in [6, 6.07) is 8.90. The van der Waals surface area contributed by atoms with Crippen LogP contribution in [0.5, 0.6) is 0 Å². The third-order valence-corrected chi connectivity index (χ3v) is 4.51. The molecule has 0 aliphatic carbocycles. The number of aliphatic imine (C=N–C) groups is 1. The van der Waals surface area contributed by atoms with E-state index in [1.54, 1.807) is 36.9 Å². The molecule has 3 rings (SSSR count). The number of hydrogen-bond donors (Lipinski definition) is 3. The minimum Gasteiger partial charge on any atom is -0.387 e. The van der Waals surface area contributed by atoms with Gasteiger partial charge in [-0.25, -0.2) is 15.0 Å². The van der Waals surface area contributed by atoms with Gasteiger partial charge in [0.05, 0.1) is 12.6 Å². The number of imidazole rings is 1. The number of nitrogens with zero attached hydrogens (tertiary/aromatic N) is 4. The van der Waals surface area contributed by atoms with Crippen molar-refractivity contribution in [3.8, 4) is 5.82 Å². The van der Waals surface area contributed by atoms with Crippen LogP contribution < -0.4 is 10.6 Å². The highest BCUT2D eigenvalue weighted by atomic mass is 35.5. The van der Waals surface area contributed by atoms with Gasteiger partial charge in [0.25, 0.3) is 0 Å². The van der Waals surface area contributed by atoms with E-state index in [0.29, 0.717) is 34.7 Å². The van der Waals surface area contributed by atoms with E-state index >= 15 is 0 Å². The zero-order valence-corrected chi connectivity index (χ0v) is 17.4. The fraction of sp³-hybridized carbons (Fsp3) is 0.250. The van der Waals surface area contributed by atoms with E-state index in [9.17, 15) is 5.11 Å². The van der Waals surface area contributed by atoms with Gasteiger partial charge in [0.1, 0.15) is 12.1 Å². The molecule has 0 aliphatic heterocycles. The van der Waals surface area contributed by atoms with Crippen molar-refractivity contribution in [2.75, 3.05) is 13.1 Å². The lowest BCUT2D eigenvalue weighted by atomic mass is 10.1. The summed E-state index contributed by atoms with van der Waals surface area (Å²) in [5.41, 5.74) is 1.61. The van der Waals surface area contributed by atoms with Gasteiger partial charge in [-0.1, -0.05) is 29.3 Å². The molecule has 29 heavy (non-hydrogen) atoms. The zero-order chi connectivity index (χ0) is 20.6. The lowest BCUT2D eigenvalue weighted by molar-refractivity contribution is 0.181. The Kier molecular flexibility index (Phi) is 7.46. The summed E-state index contributed by atoms with van der Waals surface area (Å²) in [5.74, 6) is 1.39. The van der Waals surface area contributed by atoms with Crippen molar-refractivity contribution in [2.45, 2.75) is 19.6 Å². The van der Waals surface area contributed by atoms with E-state index in [1.165, 1.54) is 0 Å². The molecule has 1 atom stereocenters. The monoisotopic (exact) mass is 432 g/mol. The van der Waals surface area contributed by atoms with Crippen LogP contribution in [0.25, 0.3) is 5.82 Å². The third-order valence-electron chi connectivity index (χ3n) is 4.07. The topological polar surface area (TPSA) is 87.4 Å². The summed E-state index contributed by atoms with van der Waals surface area (Å²) in [4.78, 5) is 13.0. The Morgan fingerprint density at radius 1 is 1.21 bits per heavy atom. The normalized spacial score (nSPS) is 12.6. The second-order valence-electron chi connectivity index (χ2n) is 6.29. The lowest BCUT2D eigenvalue weighted by Crippen LogP contribution is -2.39. The molecule has 0 spiro atoms. The van der Waals surface area contributed by atoms with Crippen molar-refractivity contribution in [2.24, 2.45) is 4.99 Å². The van der Waals surface area contributed by atoms with Gasteiger partial charge >= 0.3 is 0 Å². The van der Waals surface area contributed by atoms with Crippen LogP contribution in [0.15, 0.2) is 60.2 Å². The Morgan fingerprint density at radius 2 is 2.00 bits per heavy atom. The van der Waals surface area contributed by atoms with Crippen molar-refractivity contribution < 1.29 is 5.11 Å². The number of benzene rings is 1. The first-order chi connectivity index (χ1) is 14.0. The van der Waals surface area contributed by atoms with Crippen LogP contribution in [-0.2, 0) is 6.54 Å². The molecule has 0 aliphatic rings. The van der Waals surface area contributed by atoms with Gasteiger partial charge in [-0.15, -0.1) is 0 Å². The van der Waals surface area contributed by atoms with Gasteiger partial charge in [0.2, 0.25) is 0 Å². The minimum absolute atomic E-state index is 0.264. The van der Waals surface area contributed by atoms with E-state index in [4.69, 9.17) is 23.2 Å². The molecule has 0 saturated carbocycles. The maximum absolute atomic E-state index is 10.4. The maximum Gasteiger partial charge on any atom is 0.191 e. The predicted octanol–water partition coefficient (Wildman–Crippen LogP) is 3.36. The smallest absolute Gasteiger partial charge is 0.191 e. The number of aliphatic hydroxyl groups is 1. The maximum atomic E-state index is 10.4. The van der Waals surface area contributed by atoms with Crippen LogP contribution in [0, 0.1) is 0 Å². The van der Waals surface area contributed by atoms with Crippen LogP contribution >= 0.6 is 23.2 Å². The van der Waals surface area contributed by atoms with Gasteiger partial charge in [-0.2, -0.15) is 0 Å². The van der Waals surface area contributed by atoms with Crippen molar-refractivity contribution in [3.05, 3.63) is 76.4 Å². The Hall–Kier alpha value is -2.61. The molecule has 2 aromatic heterocycles. The van der Waals surface area contributed by atoms with Crippen LogP contribution in [0.2, 0.25) is 10.0 Å². The highest BCUT2D eigenvalue weighted by Crippen LogP contribution is 2.23.